The number of ether oxygens (including phenoxy) is 1. The summed E-state index contributed by atoms with van der Waals surface area (Å²) >= 11 is 1.29. The van der Waals surface area contributed by atoms with Crippen LogP contribution in [0.3, 0.4) is 0 Å². The normalized spacial score (nSPS) is 11.5. The number of benzene rings is 1. The summed E-state index contributed by atoms with van der Waals surface area (Å²) in [6.07, 6.45) is 0. The Morgan fingerprint density at radius 2 is 2.09 bits per heavy atom. The van der Waals surface area contributed by atoms with Crippen molar-refractivity contribution in [1.82, 2.24) is 4.31 Å². The third-order valence-corrected chi connectivity index (χ3v) is 5.45. The Hall–Kier alpha value is -1.29. The maximum Gasteiger partial charge on any atom is 0.246 e. The van der Waals surface area contributed by atoms with E-state index < -0.39 is 10.0 Å². The fourth-order valence-corrected chi connectivity index (χ4v) is 3.19. The molecule has 1 aromatic carbocycles. The summed E-state index contributed by atoms with van der Waals surface area (Å²) in [6.45, 7) is 0.00566. The van der Waals surface area contributed by atoms with Gasteiger partial charge in [0.05, 0.1) is 19.5 Å². The van der Waals surface area contributed by atoms with Crippen molar-refractivity contribution in [2.24, 2.45) is 0 Å². The van der Waals surface area contributed by atoms with Gasteiger partial charge in [-0.2, -0.15) is 0 Å². The number of aliphatic hydroxyl groups excluding tert-OH is 1. The van der Waals surface area contributed by atoms with Crippen LogP contribution in [0.2, 0.25) is 0 Å². The fraction of sp³-hybridized carbons (Fsp3) is 0.462. The molecular formula is C13H20N2O5S2. The molecule has 9 heteroatoms. The molecule has 0 spiro atoms. The van der Waals surface area contributed by atoms with Crippen molar-refractivity contribution >= 4 is 33.4 Å². The predicted octanol–water partition coefficient (Wildman–Crippen LogP) is 0.609. The lowest BCUT2D eigenvalue weighted by molar-refractivity contribution is -0.113. The minimum Gasteiger partial charge on any atom is -0.495 e. The molecule has 124 valence electrons. The Morgan fingerprint density at radius 1 is 1.41 bits per heavy atom. The Labute approximate surface area is 134 Å². The number of methoxy groups -OCH3 is 1. The van der Waals surface area contributed by atoms with Crippen LogP contribution in [0.1, 0.15) is 0 Å². The Bertz CT molecular complexity index is 617. The highest BCUT2D eigenvalue weighted by Crippen LogP contribution is 2.28. The molecule has 0 aliphatic carbocycles. The van der Waals surface area contributed by atoms with E-state index in [1.807, 2.05) is 0 Å². The van der Waals surface area contributed by atoms with Gasteiger partial charge in [0, 0.05) is 25.5 Å². The van der Waals surface area contributed by atoms with Crippen molar-refractivity contribution in [2.45, 2.75) is 4.90 Å². The van der Waals surface area contributed by atoms with Gasteiger partial charge in [0.15, 0.2) is 0 Å². The van der Waals surface area contributed by atoms with Crippen molar-refractivity contribution in [2.75, 3.05) is 44.6 Å². The molecular weight excluding hydrogens is 328 g/mol. The summed E-state index contributed by atoms with van der Waals surface area (Å²) in [5.41, 5.74) is 0.371. The van der Waals surface area contributed by atoms with Crippen LogP contribution >= 0.6 is 11.8 Å². The molecule has 2 N–H and O–H groups in total. The maximum absolute atomic E-state index is 12.3. The van der Waals surface area contributed by atoms with E-state index >= 15 is 0 Å². The first-order valence-corrected chi connectivity index (χ1v) is 9.01. The first-order chi connectivity index (χ1) is 10.3. The zero-order valence-corrected chi connectivity index (χ0v) is 14.3. The second kappa shape index (κ2) is 8.37. The summed E-state index contributed by atoms with van der Waals surface area (Å²) in [4.78, 5) is 11.7. The van der Waals surface area contributed by atoms with Crippen LogP contribution < -0.4 is 10.1 Å². The Balaban J connectivity index is 2.98. The monoisotopic (exact) mass is 348 g/mol. The number of sulfonamides is 1. The number of amides is 1. The average molecular weight is 348 g/mol. The molecule has 1 aromatic rings. The SMILES string of the molecule is COc1ccc(NC(=O)CSCCO)cc1S(=O)(=O)N(C)C. The van der Waals surface area contributed by atoms with Crippen LogP contribution in [-0.2, 0) is 14.8 Å². The quantitative estimate of drug-likeness (QED) is 0.668. The lowest BCUT2D eigenvalue weighted by Gasteiger charge is -2.15. The standard InChI is InChI=1S/C13H20N2O5S2/c1-15(2)22(18,19)12-8-10(4-5-11(12)20-3)14-13(17)9-21-7-6-16/h4-5,8,16H,6-7,9H2,1-3H3,(H,14,17). The topological polar surface area (TPSA) is 95.9 Å². The van der Waals surface area contributed by atoms with Gasteiger partial charge >= 0.3 is 0 Å². The van der Waals surface area contributed by atoms with Crippen LogP contribution in [0, 0.1) is 0 Å². The highest BCUT2D eigenvalue weighted by molar-refractivity contribution is 7.99. The number of carbonyl (C=O) groups is 1. The smallest absolute Gasteiger partial charge is 0.246 e. The average Bonchev–Trinajstić information content (AvgIpc) is 2.47. The van der Waals surface area contributed by atoms with Gasteiger partial charge in [0.25, 0.3) is 0 Å². The number of thioether (sulfide) groups is 1. The minimum atomic E-state index is -3.68. The van der Waals surface area contributed by atoms with Crippen LogP contribution in [0.4, 0.5) is 5.69 Å². The number of hydrogen-bond donors (Lipinski definition) is 2. The molecule has 0 bridgehead atoms. The number of nitrogens with zero attached hydrogens (tertiary/aromatic N) is 1. The fourth-order valence-electron chi connectivity index (χ4n) is 1.58. The number of hydrogen-bond acceptors (Lipinski definition) is 6. The summed E-state index contributed by atoms with van der Waals surface area (Å²) in [6, 6.07) is 4.43. The first-order valence-electron chi connectivity index (χ1n) is 6.42. The van der Waals surface area contributed by atoms with Gasteiger partial charge < -0.3 is 15.2 Å². The van der Waals surface area contributed by atoms with Crippen LogP contribution in [0.15, 0.2) is 23.1 Å². The zero-order valence-electron chi connectivity index (χ0n) is 12.7. The van der Waals surface area contributed by atoms with Crippen LogP contribution in [0.25, 0.3) is 0 Å². The van der Waals surface area contributed by atoms with Gasteiger partial charge in [-0.1, -0.05) is 0 Å². The lowest BCUT2D eigenvalue weighted by Crippen LogP contribution is -2.23. The Kier molecular flexibility index (Phi) is 7.14. The van der Waals surface area contributed by atoms with Crippen LogP contribution in [-0.4, -0.2) is 63.1 Å². The van der Waals surface area contributed by atoms with Crippen LogP contribution in [0.5, 0.6) is 5.75 Å². The van der Waals surface area contributed by atoms with Gasteiger partial charge in [-0.3, -0.25) is 4.79 Å². The Morgan fingerprint density at radius 3 is 2.64 bits per heavy atom. The van der Waals surface area contributed by atoms with E-state index in [9.17, 15) is 13.2 Å². The van der Waals surface area contributed by atoms with E-state index in [1.165, 1.54) is 45.1 Å². The van der Waals surface area contributed by atoms with Crippen molar-refractivity contribution < 1.29 is 23.1 Å². The minimum absolute atomic E-state index is 0.00566. The molecule has 7 nitrogen and oxygen atoms in total. The van der Waals surface area contributed by atoms with Crippen molar-refractivity contribution in [3.63, 3.8) is 0 Å². The largest absolute Gasteiger partial charge is 0.495 e. The molecule has 1 amide bonds. The van der Waals surface area contributed by atoms with E-state index in [2.05, 4.69) is 5.32 Å². The number of anilines is 1. The van der Waals surface area contributed by atoms with Gasteiger partial charge in [0.1, 0.15) is 10.6 Å². The maximum atomic E-state index is 12.3. The van der Waals surface area contributed by atoms with E-state index in [0.29, 0.717) is 11.4 Å². The third-order valence-electron chi connectivity index (χ3n) is 2.67. The molecule has 0 saturated heterocycles. The first kappa shape index (κ1) is 18.8. The van der Waals surface area contributed by atoms with E-state index in [1.54, 1.807) is 6.07 Å². The molecule has 0 radical (unpaired) electrons. The molecule has 0 unspecified atom stereocenters. The second-order valence-corrected chi connectivity index (χ2v) is 7.70. The summed E-state index contributed by atoms with van der Waals surface area (Å²) < 4.78 is 30.7. The predicted molar refractivity (Wildman–Crippen MR) is 86.9 cm³/mol. The number of carbonyl (C=O) groups excluding carboxylic acids is 1. The lowest BCUT2D eigenvalue weighted by atomic mass is 10.3. The zero-order chi connectivity index (χ0) is 16.8. The van der Waals surface area contributed by atoms with E-state index in [0.717, 1.165) is 4.31 Å². The van der Waals surface area contributed by atoms with Crippen molar-refractivity contribution in [1.29, 1.82) is 0 Å². The molecule has 0 atom stereocenters. The summed E-state index contributed by atoms with van der Waals surface area (Å²) in [7, 11) is 0.547. The van der Waals surface area contributed by atoms with E-state index in [-0.39, 0.29) is 28.9 Å². The molecule has 0 fully saturated rings. The molecule has 22 heavy (non-hydrogen) atoms. The third kappa shape index (κ3) is 4.87. The molecule has 0 heterocycles. The molecule has 1 rings (SSSR count). The number of nitrogens with one attached hydrogen (secondary N) is 1. The van der Waals surface area contributed by atoms with Crippen molar-refractivity contribution in [3.8, 4) is 5.75 Å². The summed E-state index contributed by atoms with van der Waals surface area (Å²) in [5, 5.41) is 11.3. The van der Waals surface area contributed by atoms with Gasteiger partial charge in [-0.25, -0.2) is 12.7 Å². The molecule has 0 saturated carbocycles. The van der Waals surface area contributed by atoms with Gasteiger partial charge in [-0.05, 0) is 18.2 Å². The molecule has 0 aliphatic heterocycles. The molecule has 0 aliphatic rings. The number of rotatable bonds is 8. The van der Waals surface area contributed by atoms with Gasteiger partial charge in [0.2, 0.25) is 15.9 Å². The van der Waals surface area contributed by atoms with Gasteiger partial charge in [-0.15, -0.1) is 11.8 Å². The van der Waals surface area contributed by atoms with Crippen molar-refractivity contribution in [3.05, 3.63) is 18.2 Å². The molecule has 0 aromatic heterocycles. The second-order valence-electron chi connectivity index (χ2n) is 4.48. The highest BCUT2D eigenvalue weighted by atomic mass is 32.2. The number of aliphatic hydroxyl groups is 1. The highest BCUT2D eigenvalue weighted by Gasteiger charge is 2.22. The van der Waals surface area contributed by atoms with E-state index in [4.69, 9.17) is 9.84 Å². The summed E-state index contributed by atoms with van der Waals surface area (Å²) in [5.74, 6) is 0.594.